The summed E-state index contributed by atoms with van der Waals surface area (Å²) in [7, 11) is 0. The molecule has 4 rings (SSSR count). The van der Waals surface area contributed by atoms with E-state index in [-0.39, 0.29) is 30.3 Å². The fraction of sp³-hybridized carbons (Fsp3) is 0.370. The zero-order valence-electron chi connectivity index (χ0n) is 20.3. The van der Waals surface area contributed by atoms with Crippen LogP contribution < -0.4 is 10.6 Å². The molecule has 2 unspecified atom stereocenters. The first kappa shape index (κ1) is 24.3. The Kier molecular flexibility index (Phi) is 7.70. The van der Waals surface area contributed by atoms with E-state index in [4.69, 9.17) is 0 Å². The number of para-hydroxylation sites is 1. The monoisotopic (exact) mass is 475 g/mol. The third-order valence-corrected chi connectivity index (χ3v) is 6.47. The lowest BCUT2D eigenvalue weighted by Crippen LogP contribution is -2.60. The van der Waals surface area contributed by atoms with Gasteiger partial charge in [0, 0.05) is 55.7 Å². The van der Waals surface area contributed by atoms with Crippen LogP contribution in [0.5, 0.6) is 0 Å². The van der Waals surface area contributed by atoms with E-state index in [2.05, 4.69) is 15.6 Å². The first-order valence-electron chi connectivity index (χ1n) is 12.2. The first-order valence-corrected chi connectivity index (χ1v) is 12.2. The maximum atomic E-state index is 13.7. The molecule has 0 bridgehead atoms. The number of hydrogen-bond donors (Lipinski definition) is 3. The molecular weight excluding hydrogens is 442 g/mol. The summed E-state index contributed by atoms with van der Waals surface area (Å²) in [5, 5.41) is 6.87. The number of amides is 4. The lowest BCUT2D eigenvalue weighted by atomic mass is 10.0. The minimum Gasteiger partial charge on any atom is -0.361 e. The van der Waals surface area contributed by atoms with Crippen LogP contribution in [0, 0.1) is 0 Å². The molecule has 0 radical (unpaired) electrons. The molecule has 8 nitrogen and oxygen atoms in total. The third kappa shape index (κ3) is 5.82. The van der Waals surface area contributed by atoms with Gasteiger partial charge in [0.1, 0.15) is 6.04 Å². The summed E-state index contributed by atoms with van der Waals surface area (Å²) in [4.78, 5) is 45.7. The second-order valence-electron chi connectivity index (χ2n) is 9.01. The fourth-order valence-corrected chi connectivity index (χ4v) is 4.68. The van der Waals surface area contributed by atoms with Crippen LogP contribution in [0.3, 0.4) is 0 Å². The zero-order chi connectivity index (χ0) is 24.8. The van der Waals surface area contributed by atoms with E-state index in [9.17, 15) is 14.4 Å². The molecule has 1 aromatic heterocycles. The normalized spacial score (nSPS) is 16.7. The predicted molar refractivity (Wildman–Crippen MR) is 136 cm³/mol. The van der Waals surface area contributed by atoms with Gasteiger partial charge in [-0.25, -0.2) is 4.79 Å². The van der Waals surface area contributed by atoms with Gasteiger partial charge < -0.3 is 25.4 Å². The second kappa shape index (κ2) is 11.1. The Morgan fingerprint density at radius 3 is 2.54 bits per heavy atom. The molecule has 0 saturated carbocycles. The number of urea groups is 1. The lowest BCUT2D eigenvalue weighted by Gasteiger charge is -2.41. The van der Waals surface area contributed by atoms with Gasteiger partial charge in [-0.3, -0.25) is 9.59 Å². The molecule has 3 aromatic rings. The topological polar surface area (TPSA) is 97.5 Å². The minimum absolute atomic E-state index is 0.112. The molecule has 184 valence electrons. The molecule has 0 aliphatic carbocycles. The molecule has 1 aliphatic rings. The van der Waals surface area contributed by atoms with Gasteiger partial charge >= 0.3 is 6.03 Å². The fourth-order valence-electron chi connectivity index (χ4n) is 4.68. The molecular formula is C27H33N5O3. The van der Waals surface area contributed by atoms with Gasteiger partial charge in [-0.15, -0.1) is 0 Å². The molecule has 2 aromatic carbocycles. The van der Waals surface area contributed by atoms with Gasteiger partial charge in [-0.05, 0) is 31.0 Å². The van der Waals surface area contributed by atoms with E-state index in [1.165, 1.54) is 0 Å². The molecule has 2 atom stereocenters. The molecule has 1 saturated heterocycles. The number of H-pyrrole nitrogens is 1. The smallest absolute Gasteiger partial charge is 0.317 e. The molecule has 2 heterocycles. The van der Waals surface area contributed by atoms with Crippen LogP contribution in [0.25, 0.3) is 10.9 Å². The average molecular weight is 476 g/mol. The Morgan fingerprint density at radius 2 is 1.80 bits per heavy atom. The highest BCUT2D eigenvalue weighted by Crippen LogP contribution is 2.20. The Morgan fingerprint density at radius 1 is 1.06 bits per heavy atom. The zero-order valence-corrected chi connectivity index (χ0v) is 20.3. The molecule has 3 N–H and O–H groups in total. The number of piperazine rings is 1. The summed E-state index contributed by atoms with van der Waals surface area (Å²) in [6.45, 7) is 5.70. The van der Waals surface area contributed by atoms with Gasteiger partial charge in [-0.1, -0.05) is 48.5 Å². The van der Waals surface area contributed by atoms with Crippen LogP contribution in [-0.2, 0) is 22.4 Å². The van der Waals surface area contributed by atoms with E-state index in [1.54, 1.807) is 9.80 Å². The lowest BCUT2D eigenvalue weighted by molar-refractivity contribution is -0.138. The molecule has 4 amide bonds. The van der Waals surface area contributed by atoms with Crippen molar-refractivity contribution in [3.63, 3.8) is 0 Å². The number of hydrogen-bond acceptors (Lipinski definition) is 3. The van der Waals surface area contributed by atoms with Gasteiger partial charge in [0.2, 0.25) is 11.8 Å². The summed E-state index contributed by atoms with van der Waals surface area (Å²) in [5.41, 5.74) is 2.87. The van der Waals surface area contributed by atoms with Crippen LogP contribution in [0.15, 0.2) is 60.8 Å². The Balaban J connectivity index is 1.51. The number of rotatable bonds is 7. The largest absolute Gasteiger partial charge is 0.361 e. The average Bonchev–Trinajstić information content (AvgIpc) is 3.26. The van der Waals surface area contributed by atoms with E-state index >= 15 is 0 Å². The van der Waals surface area contributed by atoms with Crippen LogP contribution in [0.4, 0.5) is 4.79 Å². The van der Waals surface area contributed by atoms with Crippen LogP contribution in [0.1, 0.15) is 25.0 Å². The van der Waals surface area contributed by atoms with Crippen molar-refractivity contribution in [2.75, 3.05) is 26.2 Å². The second-order valence-corrected chi connectivity index (χ2v) is 9.01. The maximum absolute atomic E-state index is 13.7. The minimum atomic E-state index is -0.700. The number of carbonyl (C=O) groups is 3. The maximum Gasteiger partial charge on any atom is 0.317 e. The predicted octanol–water partition coefficient (Wildman–Crippen LogP) is 2.70. The highest BCUT2D eigenvalue weighted by atomic mass is 16.2. The quantitative estimate of drug-likeness (QED) is 0.490. The van der Waals surface area contributed by atoms with Gasteiger partial charge in [0.05, 0.1) is 6.42 Å². The van der Waals surface area contributed by atoms with Crippen LogP contribution in [-0.4, -0.2) is 70.9 Å². The number of benzene rings is 2. The molecule has 8 heteroatoms. The first-order chi connectivity index (χ1) is 17.0. The summed E-state index contributed by atoms with van der Waals surface area (Å²) in [6, 6.07) is 16.5. The SMILES string of the molecule is CCNC(=O)N1CCN(C(=O)C(Cc2c[nH]c3ccccc23)NC(=O)Cc2ccccc2)CC1C. The van der Waals surface area contributed by atoms with Crippen molar-refractivity contribution >= 4 is 28.7 Å². The number of nitrogens with one attached hydrogen (secondary N) is 3. The van der Waals surface area contributed by atoms with Crippen molar-refractivity contribution < 1.29 is 14.4 Å². The Hall–Kier alpha value is -3.81. The summed E-state index contributed by atoms with van der Waals surface area (Å²) in [5.74, 6) is -0.317. The van der Waals surface area contributed by atoms with Gasteiger partial charge in [-0.2, -0.15) is 0 Å². The van der Waals surface area contributed by atoms with Crippen LogP contribution in [0.2, 0.25) is 0 Å². The van der Waals surface area contributed by atoms with Gasteiger partial charge in [0.15, 0.2) is 0 Å². The van der Waals surface area contributed by atoms with Crippen LogP contribution >= 0.6 is 0 Å². The number of nitrogens with zero attached hydrogens (tertiary/aromatic N) is 2. The number of fused-ring (bicyclic) bond motifs is 1. The van der Waals surface area contributed by atoms with E-state index in [1.807, 2.05) is 74.6 Å². The summed E-state index contributed by atoms with van der Waals surface area (Å²) in [6.07, 6.45) is 2.50. The van der Waals surface area contributed by atoms with Crippen molar-refractivity contribution in [2.45, 2.75) is 38.8 Å². The highest BCUT2D eigenvalue weighted by molar-refractivity contribution is 5.90. The van der Waals surface area contributed by atoms with E-state index in [0.717, 1.165) is 22.0 Å². The Labute approximate surface area is 205 Å². The number of carbonyl (C=O) groups excluding carboxylic acids is 3. The Bertz CT molecular complexity index is 1180. The molecule has 0 spiro atoms. The summed E-state index contributed by atoms with van der Waals surface area (Å²) < 4.78 is 0. The van der Waals surface area contributed by atoms with Crippen molar-refractivity contribution in [3.05, 3.63) is 71.9 Å². The summed E-state index contributed by atoms with van der Waals surface area (Å²) >= 11 is 0. The molecule has 35 heavy (non-hydrogen) atoms. The third-order valence-electron chi connectivity index (χ3n) is 6.47. The standard InChI is InChI=1S/C27H33N5O3/c1-3-28-27(35)32-14-13-31(18-19(32)2)26(34)24(30-25(33)15-20-9-5-4-6-10-20)16-21-17-29-23-12-8-7-11-22(21)23/h4-12,17,19,24,29H,3,13-16,18H2,1-2H3,(H,28,35)(H,30,33). The van der Waals surface area contributed by atoms with E-state index in [0.29, 0.717) is 32.6 Å². The van der Waals surface area contributed by atoms with Crippen molar-refractivity contribution in [1.29, 1.82) is 0 Å². The molecule has 1 aliphatic heterocycles. The molecule has 1 fully saturated rings. The highest BCUT2D eigenvalue weighted by Gasteiger charge is 2.33. The van der Waals surface area contributed by atoms with Gasteiger partial charge in [0.25, 0.3) is 0 Å². The van der Waals surface area contributed by atoms with Crippen molar-refractivity contribution in [3.8, 4) is 0 Å². The van der Waals surface area contributed by atoms with Crippen molar-refractivity contribution in [2.24, 2.45) is 0 Å². The number of aromatic amines is 1. The van der Waals surface area contributed by atoms with Crippen molar-refractivity contribution in [1.82, 2.24) is 25.4 Å². The number of aromatic nitrogens is 1. The van der Waals surface area contributed by atoms with E-state index < -0.39 is 6.04 Å².